The number of nitrogens with two attached hydrogens (primary N) is 1. The van der Waals surface area contributed by atoms with E-state index in [-0.39, 0.29) is 17.5 Å². The van der Waals surface area contributed by atoms with Crippen molar-refractivity contribution in [3.63, 3.8) is 0 Å². The molecule has 2 N–H and O–H groups in total. The van der Waals surface area contributed by atoms with E-state index in [1.54, 1.807) is 0 Å². The van der Waals surface area contributed by atoms with Gasteiger partial charge in [0, 0.05) is 22.4 Å². The Labute approximate surface area is 114 Å². The molecule has 1 unspecified atom stereocenters. The molecule has 1 atom stereocenters. The van der Waals surface area contributed by atoms with Crippen LogP contribution in [0.5, 0.6) is 0 Å². The molecule has 0 spiro atoms. The molecule has 2 heterocycles. The van der Waals surface area contributed by atoms with Crippen LogP contribution < -0.4 is 5.73 Å². The fraction of sp³-hybridized carbons (Fsp3) is 0.583. The van der Waals surface area contributed by atoms with Gasteiger partial charge in [-0.25, -0.2) is 0 Å². The van der Waals surface area contributed by atoms with Gasteiger partial charge in [0.25, 0.3) is 5.91 Å². The normalized spacial score (nSPS) is 23.8. The highest BCUT2D eigenvalue weighted by molar-refractivity contribution is 9.10. The van der Waals surface area contributed by atoms with Crippen LogP contribution in [0.2, 0.25) is 0 Å². The summed E-state index contributed by atoms with van der Waals surface area (Å²) in [6.45, 7) is 4.91. The van der Waals surface area contributed by atoms with Gasteiger partial charge >= 0.3 is 0 Å². The second kappa shape index (κ2) is 4.71. The third-order valence-corrected chi connectivity index (χ3v) is 5.20. The SMILES string of the molecule is CC1(C)C(N)CCCN1C(=O)c1cc(Br)cs1. The van der Waals surface area contributed by atoms with Crippen LogP contribution in [0.15, 0.2) is 15.9 Å². The predicted octanol–water partition coefficient (Wildman–Crippen LogP) is 2.85. The average Bonchev–Trinajstić information content (AvgIpc) is 2.68. The summed E-state index contributed by atoms with van der Waals surface area (Å²) in [4.78, 5) is 15.1. The molecular formula is C12H17BrN2OS. The Balaban J connectivity index is 2.24. The number of amides is 1. The zero-order valence-electron chi connectivity index (χ0n) is 10.1. The van der Waals surface area contributed by atoms with Crippen molar-refractivity contribution in [2.45, 2.75) is 38.3 Å². The van der Waals surface area contributed by atoms with Gasteiger partial charge in [0.2, 0.25) is 0 Å². The maximum Gasteiger partial charge on any atom is 0.264 e. The van der Waals surface area contributed by atoms with Crippen LogP contribution in [-0.2, 0) is 0 Å². The Morgan fingerprint density at radius 2 is 2.35 bits per heavy atom. The Kier molecular flexibility index (Phi) is 3.61. The Hall–Kier alpha value is -0.390. The first-order chi connectivity index (χ1) is 7.93. The molecule has 2 rings (SSSR count). The zero-order valence-corrected chi connectivity index (χ0v) is 12.5. The number of carbonyl (C=O) groups excluding carboxylic acids is 1. The first-order valence-corrected chi connectivity index (χ1v) is 7.42. The summed E-state index contributed by atoms with van der Waals surface area (Å²) >= 11 is 4.85. The summed E-state index contributed by atoms with van der Waals surface area (Å²) in [5.41, 5.74) is 5.87. The van der Waals surface area contributed by atoms with E-state index in [0.717, 1.165) is 28.7 Å². The van der Waals surface area contributed by atoms with E-state index < -0.39 is 0 Å². The molecule has 0 radical (unpaired) electrons. The molecular weight excluding hydrogens is 300 g/mol. The number of hydrogen-bond acceptors (Lipinski definition) is 3. The molecule has 0 saturated carbocycles. The fourth-order valence-electron chi connectivity index (χ4n) is 2.23. The van der Waals surface area contributed by atoms with Crippen molar-refractivity contribution in [2.24, 2.45) is 5.73 Å². The van der Waals surface area contributed by atoms with Crippen LogP contribution in [-0.4, -0.2) is 28.9 Å². The number of hydrogen-bond donors (Lipinski definition) is 1. The van der Waals surface area contributed by atoms with Gasteiger partial charge in [0.1, 0.15) is 0 Å². The summed E-state index contributed by atoms with van der Waals surface area (Å²) in [6.07, 6.45) is 1.98. The molecule has 0 bridgehead atoms. The molecule has 1 aliphatic rings. The van der Waals surface area contributed by atoms with E-state index >= 15 is 0 Å². The quantitative estimate of drug-likeness (QED) is 0.866. The Bertz CT molecular complexity index is 430. The lowest BCUT2D eigenvalue weighted by molar-refractivity contribution is 0.0367. The lowest BCUT2D eigenvalue weighted by Gasteiger charge is -2.46. The highest BCUT2D eigenvalue weighted by Crippen LogP contribution is 2.30. The van der Waals surface area contributed by atoms with E-state index in [2.05, 4.69) is 29.8 Å². The predicted molar refractivity (Wildman–Crippen MR) is 74.3 cm³/mol. The Morgan fingerprint density at radius 3 is 2.94 bits per heavy atom. The molecule has 1 saturated heterocycles. The maximum atomic E-state index is 12.4. The van der Waals surface area contributed by atoms with E-state index in [0.29, 0.717) is 0 Å². The highest BCUT2D eigenvalue weighted by atomic mass is 79.9. The fourth-order valence-corrected chi connectivity index (χ4v) is 3.61. The lowest BCUT2D eigenvalue weighted by atomic mass is 9.85. The van der Waals surface area contributed by atoms with Gasteiger partial charge < -0.3 is 10.6 Å². The van der Waals surface area contributed by atoms with Crippen molar-refractivity contribution in [3.05, 3.63) is 20.8 Å². The van der Waals surface area contributed by atoms with Crippen molar-refractivity contribution in [1.82, 2.24) is 4.90 Å². The van der Waals surface area contributed by atoms with E-state index in [1.165, 1.54) is 11.3 Å². The number of carbonyl (C=O) groups is 1. The van der Waals surface area contributed by atoms with Gasteiger partial charge in [0.15, 0.2) is 0 Å². The number of rotatable bonds is 1. The van der Waals surface area contributed by atoms with Crippen molar-refractivity contribution in [1.29, 1.82) is 0 Å². The first-order valence-electron chi connectivity index (χ1n) is 5.74. The van der Waals surface area contributed by atoms with E-state index in [4.69, 9.17) is 5.73 Å². The minimum Gasteiger partial charge on any atom is -0.331 e. The van der Waals surface area contributed by atoms with Gasteiger partial charge in [-0.05, 0) is 48.7 Å². The third kappa shape index (κ3) is 2.41. The average molecular weight is 317 g/mol. The molecule has 1 fully saturated rings. The smallest absolute Gasteiger partial charge is 0.264 e. The van der Waals surface area contributed by atoms with Crippen LogP contribution in [0.25, 0.3) is 0 Å². The van der Waals surface area contributed by atoms with Crippen molar-refractivity contribution in [2.75, 3.05) is 6.54 Å². The topological polar surface area (TPSA) is 46.3 Å². The summed E-state index contributed by atoms with van der Waals surface area (Å²) in [7, 11) is 0. The van der Waals surface area contributed by atoms with Gasteiger partial charge in [-0.1, -0.05) is 0 Å². The summed E-state index contributed by atoms with van der Waals surface area (Å²) < 4.78 is 0.963. The number of piperidine rings is 1. The molecule has 1 aliphatic heterocycles. The van der Waals surface area contributed by atoms with Crippen molar-refractivity contribution in [3.8, 4) is 0 Å². The number of nitrogens with zero attached hydrogens (tertiary/aromatic N) is 1. The van der Waals surface area contributed by atoms with Crippen LogP contribution in [0, 0.1) is 0 Å². The molecule has 0 aliphatic carbocycles. The van der Waals surface area contributed by atoms with Crippen LogP contribution in [0.3, 0.4) is 0 Å². The molecule has 0 aromatic carbocycles. The second-order valence-electron chi connectivity index (χ2n) is 4.99. The van der Waals surface area contributed by atoms with E-state index in [1.807, 2.05) is 16.3 Å². The lowest BCUT2D eigenvalue weighted by Crippen LogP contribution is -2.61. The minimum atomic E-state index is -0.258. The molecule has 1 aromatic heterocycles. The monoisotopic (exact) mass is 316 g/mol. The van der Waals surface area contributed by atoms with Gasteiger partial charge in [-0.2, -0.15) is 0 Å². The molecule has 1 amide bonds. The van der Waals surface area contributed by atoms with Crippen molar-refractivity contribution >= 4 is 33.2 Å². The standard InChI is InChI=1S/C12H17BrN2OS/c1-12(2)10(14)4-3-5-15(12)11(16)9-6-8(13)7-17-9/h6-7,10H,3-5,14H2,1-2H3. The van der Waals surface area contributed by atoms with Gasteiger partial charge in [0.05, 0.1) is 10.4 Å². The second-order valence-corrected chi connectivity index (χ2v) is 6.82. The number of thiophene rings is 1. The van der Waals surface area contributed by atoms with Crippen LogP contribution >= 0.6 is 27.3 Å². The van der Waals surface area contributed by atoms with E-state index in [9.17, 15) is 4.79 Å². The highest BCUT2D eigenvalue weighted by Gasteiger charge is 2.39. The van der Waals surface area contributed by atoms with Crippen LogP contribution in [0.1, 0.15) is 36.4 Å². The number of likely N-dealkylation sites (tertiary alicyclic amines) is 1. The van der Waals surface area contributed by atoms with Gasteiger partial charge in [-0.15, -0.1) is 11.3 Å². The maximum absolute atomic E-state index is 12.4. The first kappa shape index (κ1) is 13.1. The third-order valence-electron chi connectivity index (χ3n) is 3.52. The summed E-state index contributed by atoms with van der Waals surface area (Å²) in [6, 6.07) is 1.94. The summed E-state index contributed by atoms with van der Waals surface area (Å²) in [5.74, 6) is 0.0980. The molecule has 94 valence electrons. The van der Waals surface area contributed by atoms with Crippen molar-refractivity contribution < 1.29 is 4.79 Å². The molecule has 1 aromatic rings. The summed E-state index contributed by atoms with van der Waals surface area (Å²) in [5, 5.41) is 1.93. The zero-order chi connectivity index (χ0) is 12.6. The molecule has 17 heavy (non-hydrogen) atoms. The van der Waals surface area contributed by atoms with Gasteiger partial charge in [-0.3, -0.25) is 4.79 Å². The minimum absolute atomic E-state index is 0.0589. The number of halogens is 1. The Morgan fingerprint density at radius 1 is 1.65 bits per heavy atom. The largest absolute Gasteiger partial charge is 0.331 e. The molecule has 3 nitrogen and oxygen atoms in total. The molecule has 5 heteroatoms. The van der Waals surface area contributed by atoms with Crippen LogP contribution in [0.4, 0.5) is 0 Å².